The summed E-state index contributed by atoms with van der Waals surface area (Å²) in [5.41, 5.74) is 4.04. The Morgan fingerprint density at radius 3 is 2.48 bits per heavy atom. The summed E-state index contributed by atoms with van der Waals surface area (Å²) in [7, 11) is 0. The second-order valence-corrected chi connectivity index (χ2v) is 4.81. The van der Waals surface area contributed by atoms with Crippen LogP contribution in [0.15, 0.2) is 66.9 Å². The monoisotopic (exact) mass is 276 g/mol. The van der Waals surface area contributed by atoms with Gasteiger partial charge in [-0.1, -0.05) is 48.5 Å². The smallest absolute Gasteiger partial charge is 0.159 e. The molecule has 0 saturated heterocycles. The molecule has 0 unspecified atom stereocenters. The summed E-state index contributed by atoms with van der Waals surface area (Å²) >= 11 is 0. The first-order chi connectivity index (χ1) is 10.4. The molecule has 3 aromatic rings. The van der Waals surface area contributed by atoms with E-state index >= 15 is 0 Å². The first-order valence-electron chi connectivity index (χ1n) is 6.95. The molecule has 104 valence electrons. The lowest BCUT2D eigenvalue weighted by atomic mass is 10.1. The summed E-state index contributed by atoms with van der Waals surface area (Å²) in [4.78, 5) is 9.00. The standard InChI is InChI=1S/C18H16N2O/c21-12-10-14-5-4-8-16(13-14)18-19-11-9-17(20-18)15-6-2-1-3-7-15/h1-9,11,13,21H,10,12H2. The molecule has 2 aromatic carbocycles. The number of hydrogen-bond donors (Lipinski definition) is 1. The van der Waals surface area contributed by atoms with Crippen LogP contribution in [0.3, 0.4) is 0 Å². The predicted octanol–water partition coefficient (Wildman–Crippen LogP) is 3.35. The molecule has 0 radical (unpaired) electrons. The zero-order valence-electron chi connectivity index (χ0n) is 11.6. The molecule has 0 bridgehead atoms. The second-order valence-electron chi connectivity index (χ2n) is 4.81. The van der Waals surface area contributed by atoms with Gasteiger partial charge in [0, 0.05) is 23.9 Å². The summed E-state index contributed by atoms with van der Waals surface area (Å²) in [5.74, 6) is 0.705. The van der Waals surface area contributed by atoms with Crippen LogP contribution in [-0.4, -0.2) is 21.7 Å². The predicted molar refractivity (Wildman–Crippen MR) is 83.7 cm³/mol. The largest absolute Gasteiger partial charge is 0.396 e. The number of aromatic nitrogens is 2. The van der Waals surface area contributed by atoms with E-state index in [2.05, 4.69) is 9.97 Å². The highest BCUT2D eigenvalue weighted by Gasteiger charge is 2.05. The number of aliphatic hydroxyl groups is 1. The van der Waals surface area contributed by atoms with E-state index in [1.165, 1.54) is 0 Å². The maximum absolute atomic E-state index is 9.04. The molecule has 1 heterocycles. The number of aliphatic hydroxyl groups excluding tert-OH is 1. The highest BCUT2D eigenvalue weighted by molar-refractivity contribution is 5.63. The Morgan fingerprint density at radius 1 is 0.857 bits per heavy atom. The molecule has 3 nitrogen and oxygen atoms in total. The molecular weight excluding hydrogens is 260 g/mol. The van der Waals surface area contributed by atoms with Crippen LogP contribution in [0.5, 0.6) is 0 Å². The molecule has 3 rings (SSSR count). The Kier molecular flexibility index (Phi) is 4.03. The van der Waals surface area contributed by atoms with E-state index in [4.69, 9.17) is 5.11 Å². The molecule has 21 heavy (non-hydrogen) atoms. The lowest BCUT2D eigenvalue weighted by Crippen LogP contribution is -1.94. The third kappa shape index (κ3) is 3.15. The molecule has 1 aromatic heterocycles. The quantitative estimate of drug-likeness (QED) is 0.795. The Labute approximate surface area is 124 Å². The molecule has 1 N–H and O–H groups in total. The normalized spacial score (nSPS) is 10.5. The van der Waals surface area contributed by atoms with Gasteiger partial charge in [0.15, 0.2) is 5.82 Å². The minimum absolute atomic E-state index is 0.147. The van der Waals surface area contributed by atoms with E-state index in [0.29, 0.717) is 12.2 Å². The molecule has 0 aliphatic heterocycles. The third-order valence-corrected chi connectivity index (χ3v) is 3.31. The summed E-state index contributed by atoms with van der Waals surface area (Å²) in [6, 6.07) is 20.0. The Morgan fingerprint density at radius 2 is 1.67 bits per heavy atom. The first-order valence-corrected chi connectivity index (χ1v) is 6.95. The van der Waals surface area contributed by atoms with E-state index in [1.54, 1.807) is 6.20 Å². The van der Waals surface area contributed by atoms with Crippen LogP contribution in [0.4, 0.5) is 0 Å². The van der Waals surface area contributed by atoms with Crippen molar-refractivity contribution in [3.63, 3.8) is 0 Å². The van der Waals surface area contributed by atoms with E-state index in [-0.39, 0.29) is 6.61 Å². The van der Waals surface area contributed by atoms with Crippen LogP contribution in [0.25, 0.3) is 22.6 Å². The van der Waals surface area contributed by atoms with E-state index in [0.717, 1.165) is 22.4 Å². The van der Waals surface area contributed by atoms with Gasteiger partial charge in [-0.2, -0.15) is 0 Å². The zero-order chi connectivity index (χ0) is 14.5. The molecule has 0 aliphatic rings. The molecule has 0 fully saturated rings. The van der Waals surface area contributed by atoms with Crippen LogP contribution in [0, 0.1) is 0 Å². The van der Waals surface area contributed by atoms with Crippen molar-refractivity contribution < 1.29 is 5.11 Å². The van der Waals surface area contributed by atoms with Gasteiger partial charge >= 0.3 is 0 Å². The van der Waals surface area contributed by atoms with Gasteiger partial charge in [-0.25, -0.2) is 9.97 Å². The van der Waals surface area contributed by atoms with Crippen molar-refractivity contribution in [1.82, 2.24) is 9.97 Å². The summed E-state index contributed by atoms with van der Waals surface area (Å²) in [6.45, 7) is 0.147. The fraction of sp³-hybridized carbons (Fsp3) is 0.111. The topological polar surface area (TPSA) is 46.0 Å². The van der Waals surface area contributed by atoms with Gasteiger partial charge in [-0.15, -0.1) is 0 Å². The number of nitrogens with zero attached hydrogens (tertiary/aromatic N) is 2. The molecule has 0 amide bonds. The molecule has 0 atom stereocenters. The lowest BCUT2D eigenvalue weighted by Gasteiger charge is -2.06. The maximum Gasteiger partial charge on any atom is 0.159 e. The number of hydrogen-bond acceptors (Lipinski definition) is 3. The van der Waals surface area contributed by atoms with E-state index < -0.39 is 0 Å². The number of benzene rings is 2. The first kappa shape index (κ1) is 13.5. The summed E-state index contributed by atoms with van der Waals surface area (Å²) in [5, 5.41) is 9.04. The van der Waals surface area contributed by atoms with Crippen LogP contribution < -0.4 is 0 Å². The van der Waals surface area contributed by atoms with Crippen molar-refractivity contribution >= 4 is 0 Å². The van der Waals surface area contributed by atoms with Crippen LogP contribution in [0.2, 0.25) is 0 Å². The van der Waals surface area contributed by atoms with Crippen molar-refractivity contribution in [3.8, 4) is 22.6 Å². The Balaban J connectivity index is 1.98. The van der Waals surface area contributed by atoms with Gasteiger partial charge in [0.05, 0.1) is 5.69 Å². The van der Waals surface area contributed by atoms with Crippen molar-refractivity contribution in [2.24, 2.45) is 0 Å². The zero-order valence-corrected chi connectivity index (χ0v) is 11.6. The van der Waals surface area contributed by atoms with Crippen LogP contribution >= 0.6 is 0 Å². The van der Waals surface area contributed by atoms with Crippen molar-refractivity contribution in [2.75, 3.05) is 6.61 Å². The Hall–Kier alpha value is -2.52. The molecule has 0 aliphatic carbocycles. The average molecular weight is 276 g/mol. The molecule has 3 heteroatoms. The average Bonchev–Trinajstić information content (AvgIpc) is 2.56. The third-order valence-electron chi connectivity index (χ3n) is 3.31. The second kappa shape index (κ2) is 6.29. The summed E-state index contributed by atoms with van der Waals surface area (Å²) in [6.07, 6.45) is 2.43. The summed E-state index contributed by atoms with van der Waals surface area (Å²) < 4.78 is 0. The lowest BCUT2D eigenvalue weighted by molar-refractivity contribution is 0.299. The van der Waals surface area contributed by atoms with Gasteiger partial charge in [-0.05, 0) is 24.1 Å². The Bertz CT molecular complexity index is 726. The van der Waals surface area contributed by atoms with Crippen molar-refractivity contribution in [2.45, 2.75) is 6.42 Å². The highest BCUT2D eigenvalue weighted by atomic mass is 16.2. The van der Waals surface area contributed by atoms with Crippen LogP contribution in [-0.2, 0) is 6.42 Å². The van der Waals surface area contributed by atoms with Gasteiger partial charge < -0.3 is 5.11 Å². The van der Waals surface area contributed by atoms with Gasteiger partial charge in [0.1, 0.15) is 0 Å². The maximum atomic E-state index is 9.04. The van der Waals surface area contributed by atoms with Gasteiger partial charge in [0.25, 0.3) is 0 Å². The van der Waals surface area contributed by atoms with Crippen molar-refractivity contribution in [1.29, 1.82) is 0 Å². The minimum atomic E-state index is 0.147. The van der Waals surface area contributed by atoms with E-state index in [9.17, 15) is 0 Å². The minimum Gasteiger partial charge on any atom is -0.396 e. The fourth-order valence-electron chi connectivity index (χ4n) is 2.26. The van der Waals surface area contributed by atoms with Crippen LogP contribution in [0.1, 0.15) is 5.56 Å². The molecule has 0 spiro atoms. The fourth-order valence-corrected chi connectivity index (χ4v) is 2.26. The van der Waals surface area contributed by atoms with Gasteiger partial charge in [0.2, 0.25) is 0 Å². The highest BCUT2D eigenvalue weighted by Crippen LogP contribution is 2.21. The van der Waals surface area contributed by atoms with Gasteiger partial charge in [-0.3, -0.25) is 0 Å². The number of rotatable bonds is 4. The van der Waals surface area contributed by atoms with Crippen molar-refractivity contribution in [3.05, 3.63) is 72.4 Å². The molecule has 0 saturated carbocycles. The SMILES string of the molecule is OCCc1cccc(-c2nccc(-c3ccccc3)n2)c1. The van der Waals surface area contributed by atoms with E-state index in [1.807, 2.05) is 60.7 Å². The molecular formula is C18H16N2O.